The van der Waals surface area contributed by atoms with Crippen LogP contribution in [0.4, 0.5) is 4.39 Å². The lowest BCUT2D eigenvalue weighted by Crippen LogP contribution is -2.48. The van der Waals surface area contributed by atoms with E-state index >= 15 is 0 Å². The molecule has 0 radical (unpaired) electrons. The number of aryl methyl sites for hydroxylation is 2. The van der Waals surface area contributed by atoms with Crippen LogP contribution in [-0.2, 0) is 40.4 Å². The number of hydrogen-bond donors (Lipinski definition) is 1. The number of aromatic nitrogens is 1. The first-order valence-electron chi connectivity index (χ1n) is 18.7. The normalized spacial score (nSPS) is 30.0. The third-order valence-corrected chi connectivity index (χ3v) is 14.3. The second-order valence-corrected chi connectivity index (χ2v) is 18.1. The van der Waals surface area contributed by atoms with Gasteiger partial charge in [-0.25, -0.2) is 17.8 Å². The van der Waals surface area contributed by atoms with Crippen molar-refractivity contribution in [2.24, 2.45) is 17.3 Å². The monoisotopic (exact) mass is 753 g/mol. The number of benzene rings is 1. The van der Waals surface area contributed by atoms with Gasteiger partial charge >= 0.3 is 5.97 Å². The van der Waals surface area contributed by atoms with Gasteiger partial charge in [-0.2, -0.15) is 0 Å². The molecule has 13 heteroatoms. The third kappa shape index (κ3) is 7.47. The molecule has 5 atom stereocenters. The van der Waals surface area contributed by atoms with Gasteiger partial charge in [0.2, 0.25) is 21.8 Å². The fourth-order valence-electron chi connectivity index (χ4n) is 8.53. The smallest absolute Gasteiger partial charge is 0.306 e. The molecule has 5 aliphatic rings. The van der Waals surface area contributed by atoms with E-state index in [2.05, 4.69) is 4.72 Å². The van der Waals surface area contributed by atoms with Crippen LogP contribution in [0.15, 0.2) is 36.4 Å². The quantitative estimate of drug-likeness (QED) is 0.272. The van der Waals surface area contributed by atoms with Gasteiger partial charge in [0.15, 0.2) is 5.78 Å². The van der Waals surface area contributed by atoms with Crippen molar-refractivity contribution in [3.05, 3.63) is 47.7 Å². The number of fused-ring (bicyclic) bond motifs is 5. The number of nitrogens with one attached hydrogen (secondary N) is 1. The molecule has 53 heavy (non-hydrogen) atoms. The van der Waals surface area contributed by atoms with Crippen LogP contribution in [0.3, 0.4) is 0 Å². The lowest BCUT2D eigenvalue weighted by molar-refractivity contribution is -0.150. The second-order valence-electron chi connectivity index (χ2n) is 15.9. The summed E-state index contributed by atoms with van der Waals surface area (Å²) in [5, 5.41) is 0.987. The lowest BCUT2D eigenvalue weighted by Gasteiger charge is -2.36. The number of rotatable bonds is 7. The number of amides is 2. The molecule has 1 spiro atoms. The Morgan fingerprint density at radius 2 is 1.89 bits per heavy atom. The Morgan fingerprint density at radius 3 is 2.64 bits per heavy atom. The maximum absolute atomic E-state index is 14.6. The summed E-state index contributed by atoms with van der Waals surface area (Å²) in [5.74, 6) is -2.55. The molecule has 1 aromatic heterocycles. The highest BCUT2D eigenvalue weighted by atomic mass is 32.2. The summed E-state index contributed by atoms with van der Waals surface area (Å²) >= 11 is 0. The number of esters is 1. The first-order chi connectivity index (χ1) is 24.8. The first kappa shape index (κ1) is 38.8. The number of alkyl halides is 1. The van der Waals surface area contributed by atoms with E-state index in [1.165, 1.54) is 4.90 Å². The van der Waals surface area contributed by atoms with E-state index in [9.17, 15) is 32.0 Å². The van der Waals surface area contributed by atoms with E-state index in [0.29, 0.717) is 56.4 Å². The molecule has 11 nitrogen and oxygen atoms in total. The Morgan fingerprint density at radius 1 is 1.11 bits per heavy atom. The Labute approximate surface area is 311 Å². The van der Waals surface area contributed by atoms with Crippen molar-refractivity contribution < 1.29 is 41.5 Å². The molecule has 1 aromatic carbocycles. The number of Topliss-reactive ketones (excluding diaryl/α,β-unsaturated/α-hetero) is 1. The van der Waals surface area contributed by atoms with Crippen molar-refractivity contribution in [3.63, 3.8) is 0 Å². The van der Waals surface area contributed by atoms with E-state index in [4.69, 9.17) is 14.5 Å². The predicted octanol–water partition coefficient (Wildman–Crippen LogP) is 5.85. The maximum Gasteiger partial charge on any atom is 0.306 e. The summed E-state index contributed by atoms with van der Waals surface area (Å²) in [7, 11) is -3.95. The number of pyridine rings is 1. The molecule has 1 N–H and O–H groups in total. The van der Waals surface area contributed by atoms with Gasteiger partial charge in [-0.3, -0.25) is 23.9 Å². The fraction of sp³-hybridized carbons (Fsp3) is 0.625. The Bertz CT molecular complexity index is 1930. The molecular weight excluding hydrogens is 702 g/mol. The molecule has 0 unspecified atom stereocenters. The van der Waals surface area contributed by atoms with Crippen LogP contribution in [-0.4, -0.2) is 78.1 Å². The topological polar surface area (TPSA) is 149 Å². The van der Waals surface area contributed by atoms with E-state index in [1.54, 1.807) is 6.92 Å². The zero-order valence-corrected chi connectivity index (χ0v) is 30.8. The molecule has 1 saturated heterocycles. The van der Waals surface area contributed by atoms with Crippen LogP contribution in [0.1, 0.15) is 103 Å². The van der Waals surface area contributed by atoms with Crippen LogP contribution < -0.4 is 9.46 Å². The number of para-hydroxylation sites is 1. The molecule has 288 valence electrons. The van der Waals surface area contributed by atoms with Gasteiger partial charge in [0, 0.05) is 29.7 Å². The number of allylic oxidation sites excluding steroid dienone is 2. The summed E-state index contributed by atoms with van der Waals surface area (Å²) in [5.41, 5.74) is 0.408. The van der Waals surface area contributed by atoms with Crippen LogP contribution in [0, 0.1) is 24.2 Å². The van der Waals surface area contributed by atoms with Gasteiger partial charge in [-0.05, 0) is 77.2 Å². The SMILES string of the molecule is C.Cc1nc2ccccc2c2c1O[C@]1(CC2)C[C@H]2C(=O)C[C@]3(C(=O)NS(=O)(=O)C4(C)CC4)C[C@H]3/C=C\CCCCC[C@H](CC(=O)OCCF)C(=O)N2C1. The number of carbonyl (C=O) groups excluding carboxylic acids is 4. The first-order valence-corrected chi connectivity index (χ1v) is 20.1. The van der Waals surface area contributed by atoms with E-state index < -0.39 is 62.9 Å². The molecule has 4 heterocycles. The zero-order valence-electron chi connectivity index (χ0n) is 30.0. The van der Waals surface area contributed by atoms with Gasteiger partial charge in [0.1, 0.15) is 24.6 Å². The highest BCUT2D eigenvalue weighted by Crippen LogP contribution is 2.58. The maximum atomic E-state index is 14.6. The van der Waals surface area contributed by atoms with Gasteiger partial charge in [0.25, 0.3) is 0 Å². The molecule has 2 saturated carbocycles. The number of halogens is 1. The molecule has 2 amide bonds. The van der Waals surface area contributed by atoms with Crippen molar-refractivity contribution in [1.82, 2.24) is 14.6 Å². The van der Waals surface area contributed by atoms with Crippen molar-refractivity contribution in [2.45, 2.75) is 121 Å². The number of hydrogen-bond acceptors (Lipinski definition) is 9. The Hall–Kier alpha value is -3.87. The predicted molar refractivity (Wildman–Crippen MR) is 197 cm³/mol. The largest absolute Gasteiger partial charge is 0.483 e. The van der Waals surface area contributed by atoms with Crippen molar-refractivity contribution in [3.8, 4) is 5.75 Å². The standard InChI is InChI=1S/C39H48FN3O8S.CH4/c1-25-34-29(28-12-8-9-13-30(28)41-25)14-15-38(51-34)22-31-32(44)23-39(36(47)42-52(48,49)37(2)16-17-37)21-27(39)11-7-5-3-4-6-10-26(35(46)43(31)24-38)20-33(45)50-19-18-40;/h7-9,11-13,26-27,31H,3-6,10,14-24H2,1-2H3,(H,42,47);1H4/b11-7-;/t26-,27-,31+,38-,39-;/m1./s1. The average Bonchev–Trinajstić information content (AvgIpc) is 4.01. The molecule has 7 rings (SSSR count). The number of ether oxygens (including phenoxy) is 2. The van der Waals surface area contributed by atoms with Crippen LogP contribution in [0.25, 0.3) is 10.9 Å². The minimum atomic E-state index is -3.95. The van der Waals surface area contributed by atoms with Crippen LogP contribution >= 0.6 is 0 Å². The van der Waals surface area contributed by atoms with Crippen molar-refractivity contribution in [2.75, 3.05) is 19.8 Å². The summed E-state index contributed by atoms with van der Waals surface area (Å²) in [4.78, 5) is 62.2. The average molecular weight is 754 g/mol. The van der Waals surface area contributed by atoms with Crippen molar-refractivity contribution in [1.29, 1.82) is 0 Å². The molecular formula is C40H52FN3O8S. The van der Waals surface area contributed by atoms with E-state index in [0.717, 1.165) is 35.7 Å². The van der Waals surface area contributed by atoms with Gasteiger partial charge in [0.05, 0.1) is 40.4 Å². The number of nitrogens with zero attached hydrogens (tertiary/aromatic N) is 2. The summed E-state index contributed by atoms with van der Waals surface area (Å²) in [6.07, 6.45) is 9.39. The van der Waals surface area contributed by atoms with E-state index in [1.807, 2.05) is 43.3 Å². The van der Waals surface area contributed by atoms with Crippen molar-refractivity contribution >= 4 is 44.5 Å². The van der Waals surface area contributed by atoms with Gasteiger partial charge in [-0.15, -0.1) is 0 Å². The van der Waals surface area contributed by atoms with Crippen LogP contribution in [0.2, 0.25) is 0 Å². The molecule has 2 aliphatic carbocycles. The minimum Gasteiger partial charge on any atom is -0.483 e. The van der Waals surface area contributed by atoms with Crippen LogP contribution in [0.5, 0.6) is 5.75 Å². The fourth-order valence-corrected chi connectivity index (χ4v) is 9.86. The summed E-state index contributed by atoms with van der Waals surface area (Å²) < 4.78 is 52.4. The molecule has 3 aliphatic heterocycles. The van der Waals surface area contributed by atoms with E-state index in [-0.39, 0.29) is 50.8 Å². The highest BCUT2D eigenvalue weighted by Gasteiger charge is 2.63. The van der Waals surface area contributed by atoms with Gasteiger partial charge in [-0.1, -0.05) is 50.6 Å². The lowest BCUT2D eigenvalue weighted by atomic mass is 9.85. The number of carbonyl (C=O) groups is 4. The second kappa shape index (κ2) is 14.8. The number of ketones is 1. The molecule has 2 aromatic rings. The third-order valence-electron chi connectivity index (χ3n) is 12.1. The minimum absolute atomic E-state index is 0. The Kier molecular flexibility index (Phi) is 10.8. The highest BCUT2D eigenvalue weighted by molar-refractivity contribution is 7.91. The molecule has 3 fully saturated rings. The summed E-state index contributed by atoms with van der Waals surface area (Å²) in [6.45, 7) is 2.37. The number of sulfonamides is 1. The summed E-state index contributed by atoms with van der Waals surface area (Å²) in [6, 6.07) is 6.89. The Balaban J connectivity index is 0.00000481. The molecule has 0 bridgehead atoms. The van der Waals surface area contributed by atoms with Gasteiger partial charge < -0.3 is 14.4 Å². The zero-order chi connectivity index (χ0) is 36.9.